The van der Waals surface area contributed by atoms with Crippen molar-refractivity contribution in [1.29, 1.82) is 0 Å². The zero-order chi connectivity index (χ0) is 24.1. The highest BCUT2D eigenvalue weighted by Gasteiger charge is 2.35. The molecule has 4 rings (SSSR count). The van der Waals surface area contributed by atoms with Crippen LogP contribution in [0.2, 0.25) is 5.02 Å². The number of piperidine rings is 1. The first-order valence-electron chi connectivity index (χ1n) is 10.8. The van der Waals surface area contributed by atoms with E-state index >= 15 is 0 Å². The van der Waals surface area contributed by atoms with Gasteiger partial charge in [0, 0.05) is 23.8 Å². The number of amides is 1. The lowest BCUT2D eigenvalue weighted by Crippen LogP contribution is -2.43. The number of anilines is 1. The smallest absolute Gasteiger partial charge is 0.246 e. The summed E-state index contributed by atoms with van der Waals surface area (Å²) in [6, 6.07) is 20.9. The molecule has 0 bridgehead atoms. The van der Waals surface area contributed by atoms with Crippen LogP contribution >= 0.6 is 11.6 Å². The van der Waals surface area contributed by atoms with Crippen LogP contribution in [0.25, 0.3) is 0 Å². The van der Waals surface area contributed by atoms with E-state index in [1.54, 1.807) is 30.3 Å². The molecule has 0 saturated carbocycles. The fourth-order valence-corrected chi connectivity index (χ4v) is 5.78. The Labute approximate surface area is 204 Å². The molecule has 34 heavy (non-hydrogen) atoms. The molecule has 3 aromatic rings. The number of ether oxygens (including phenoxy) is 2. The number of hydrogen-bond donors (Lipinski definition) is 1. The normalized spacial score (nSPS) is 16.6. The summed E-state index contributed by atoms with van der Waals surface area (Å²) in [6.45, 7) is 0.409. The molecule has 0 spiro atoms. The number of nitrogens with one attached hydrogen (secondary N) is 1. The van der Waals surface area contributed by atoms with E-state index in [-0.39, 0.29) is 23.1 Å². The molecule has 7 nitrogen and oxygen atoms in total. The van der Waals surface area contributed by atoms with Crippen molar-refractivity contribution in [2.24, 2.45) is 5.92 Å². The summed E-state index contributed by atoms with van der Waals surface area (Å²) >= 11 is 6.03. The van der Waals surface area contributed by atoms with Gasteiger partial charge in [0.05, 0.1) is 13.0 Å². The molecule has 0 aliphatic carbocycles. The van der Waals surface area contributed by atoms with Crippen molar-refractivity contribution < 1.29 is 22.7 Å². The van der Waals surface area contributed by atoms with Crippen LogP contribution in [0.5, 0.6) is 17.2 Å². The second-order valence-corrected chi connectivity index (χ2v) is 10.3. The first-order chi connectivity index (χ1) is 16.4. The number of methoxy groups -OCH3 is 1. The van der Waals surface area contributed by atoms with Crippen molar-refractivity contribution in [1.82, 2.24) is 4.31 Å². The van der Waals surface area contributed by atoms with Gasteiger partial charge in [0.1, 0.15) is 22.1 Å². The maximum Gasteiger partial charge on any atom is 0.246 e. The van der Waals surface area contributed by atoms with Crippen LogP contribution in [0.3, 0.4) is 0 Å². The number of para-hydroxylation sites is 1. The number of hydrogen-bond acceptors (Lipinski definition) is 5. The summed E-state index contributed by atoms with van der Waals surface area (Å²) in [5.41, 5.74) is 0.613. The van der Waals surface area contributed by atoms with Gasteiger partial charge in [-0.05, 0) is 67.4 Å². The molecular formula is C25H25ClN2O5S. The van der Waals surface area contributed by atoms with Gasteiger partial charge in [-0.2, -0.15) is 4.31 Å². The third-order valence-corrected chi connectivity index (χ3v) is 7.72. The van der Waals surface area contributed by atoms with Gasteiger partial charge in [0.2, 0.25) is 15.9 Å². The Bertz CT molecular complexity index is 1250. The highest BCUT2D eigenvalue weighted by atomic mass is 35.5. The summed E-state index contributed by atoms with van der Waals surface area (Å²) in [6.07, 6.45) is 1.17. The molecule has 178 valence electrons. The lowest BCUT2D eigenvalue weighted by Gasteiger charge is -2.31. The van der Waals surface area contributed by atoms with Gasteiger partial charge in [-0.1, -0.05) is 29.8 Å². The largest absolute Gasteiger partial charge is 0.495 e. The molecule has 1 aliphatic heterocycles. The lowest BCUT2D eigenvalue weighted by molar-refractivity contribution is -0.120. The predicted octanol–water partition coefficient (Wildman–Crippen LogP) is 5.18. The van der Waals surface area contributed by atoms with E-state index in [0.717, 1.165) is 5.75 Å². The third kappa shape index (κ3) is 5.52. The van der Waals surface area contributed by atoms with Crippen molar-refractivity contribution in [3.8, 4) is 17.2 Å². The highest BCUT2D eigenvalue weighted by molar-refractivity contribution is 7.89. The second kappa shape index (κ2) is 10.5. The van der Waals surface area contributed by atoms with Crippen LogP contribution < -0.4 is 14.8 Å². The van der Waals surface area contributed by atoms with Gasteiger partial charge in [-0.15, -0.1) is 0 Å². The number of carbonyl (C=O) groups excluding carboxylic acids is 1. The average molecular weight is 501 g/mol. The SMILES string of the molecule is COc1ccc(Cl)cc1S(=O)(=O)N1CCC[C@H](C(=O)Nc2ccc(Oc3ccccc3)cc2)C1. The van der Waals surface area contributed by atoms with Crippen molar-refractivity contribution >= 4 is 33.2 Å². The molecule has 3 aromatic carbocycles. The standard InChI is InChI=1S/C25H25ClN2O5S/c1-32-23-14-9-19(26)16-24(23)34(30,31)28-15-5-6-18(17-28)25(29)27-20-10-12-22(13-11-20)33-21-7-3-2-4-8-21/h2-4,7-14,16,18H,5-6,15,17H2,1H3,(H,27,29)/t18-/m0/s1. The number of benzene rings is 3. The maximum absolute atomic E-state index is 13.3. The fourth-order valence-electron chi connectivity index (χ4n) is 3.84. The Morgan fingerprint density at radius 2 is 1.74 bits per heavy atom. The number of sulfonamides is 1. The first kappa shape index (κ1) is 24.1. The van der Waals surface area contributed by atoms with Gasteiger partial charge in [-0.3, -0.25) is 4.79 Å². The molecule has 1 atom stereocenters. The van der Waals surface area contributed by atoms with E-state index in [4.69, 9.17) is 21.1 Å². The van der Waals surface area contributed by atoms with Crippen LogP contribution in [0, 0.1) is 5.92 Å². The van der Waals surface area contributed by atoms with Crippen molar-refractivity contribution in [3.63, 3.8) is 0 Å². The molecule has 1 aliphatic rings. The molecule has 1 saturated heterocycles. The minimum Gasteiger partial charge on any atom is -0.495 e. The number of rotatable bonds is 7. The summed E-state index contributed by atoms with van der Waals surface area (Å²) in [4.78, 5) is 12.9. The molecular weight excluding hydrogens is 476 g/mol. The Morgan fingerprint density at radius 1 is 1.03 bits per heavy atom. The summed E-state index contributed by atoms with van der Waals surface area (Å²) in [5.74, 6) is 0.881. The van der Waals surface area contributed by atoms with Crippen LogP contribution in [-0.4, -0.2) is 38.8 Å². The Balaban J connectivity index is 1.42. The minimum atomic E-state index is -3.87. The van der Waals surface area contributed by atoms with Gasteiger partial charge in [0.15, 0.2) is 0 Å². The van der Waals surface area contributed by atoms with Gasteiger partial charge in [0.25, 0.3) is 0 Å². The van der Waals surface area contributed by atoms with Crippen LogP contribution in [0.15, 0.2) is 77.7 Å². The number of halogens is 1. The summed E-state index contributed by atoms with van der Waals surface area (Å²) in [5, 5.41) is 3.18. The third-order valence-electron chi connectivity index (χ3n) is 5.60. The van der Waals surface area contributed by atoms with E-state index in [2.05, 4.69) is 5.32 Å². The average Bonchev–Trinajstić information content (AvgIpc) is 2.86. The Morgan fingerprint density at radius 3 is 2.44 bits per heavy atom. The maximum atomic E-state index is 13.3. The molecule has 9 heteroatoms. The van der Waals surface area contributed by atoms with E-state index in [0.29, 0.717) is 35.8 Å². The Hall–Kier alpha value is -3.07. The zero-order valence-electron chi connectivity index (χ0n) is 18.6. The molecule has 1 N–H and O–H groups in total. The second-order valence-electron chi connectivity index (χ2n) is 7.93. The van der Waals surface area contributed by atoms with Crippen LogP contribution in [-0.2, 0) is 14.8 Å². The number of carbonyl (C=O) groups is 1. The lowest BCUT2D eigenvalue weighted by atomic mass is 9.99. The topological polar surface area (TPSA) is 84.9 Å². The monoisotopic (exact) mass is 500 g/mol. The Kier molecular flexibility index (Phi) is 7.41. The quantitative estimate of drug-likeness (QED) is 0.483. The zero-order valence-corrected chi connectivity index (χ0v) is 20.2. The highest BCUT2D eigenvalue weighted by Crippen LogP contribution is 2.32. The molecule has 1 fully saturated rings. The van der Waals surface area contributed by atoms with Crippen LogP contribution in [0.1, 0.15) is 12.8 Å². The van der Waals surface area contributed by atoms with Gasteiger partial charge < -0.3 is 14.8 Å². The van der Waals surface area contributed by atoms with Gasteiger partial charge >= 0.3 is 0 Å². The molecule has 0 unspecified atom stereocenters. The van der Waals surface area contributed by atoms with E-state index in [9.17, 15) is 13.2 Å². The summed E-state index contributed by atoms with van der Waals surface area (Å²) in [7, 11) is -2.47. The van der Waals surface area contributed by atoms with Crippen LogP contribution in [0.4, 0.5) is 5.69 Å². The number of nitrogens with zero attached hydrogens (tertiary/aromatic N) is 1. The first-order valence-corrected chi connectivity index (χ1v) is 12.7. The van der Waals surface area contributed by atoms with Crippen molar-refractivity contribution in [3.05, 3.63) is 77.8 Å². The molecule has 1 amide bonds. The van der Waals surface area contributed by atoms with E-state index < -0.39 is 15.9 Å². The van der Waals surface area contributed by atoms with Gasteiger partial charge in [-0.25, -0.2) is 8.42 Å². The van der Waals surface area contributed by atoms with E-state index in [1.807, 2.05) is 30.3 Å². The predicted molar refractivity (Wildman–Crippen MR) is 131 cm³/mol. The van der Waals surface area contributed by atoms with Crippen molar-refractivity contribution in [2.75, 3.05) is 25.5 Å². The minimum absolute atomic E-state index is 0.00226. The molecule has 0 aromatic heterocycles. The molecule has 1 heterocycles. The molecule has 0 radical (unpaired) electrons. The van der Waals surface area contributed by atoms with E-state index in [1.165, 1.54) is 23.5 Å². The fraction of sp³-hybridized carbons (Fsp3) is 0.240. The summed E-state index contributed by atoms with van der Waals surface area (Å²) < 4.78 is 38.9. The van der Waals surface area contributed by atoms with Crippen molar-refractivity contribution in [2.45, 2.75) is 17.7 Å².